The predicted molar refractivity (Wildman–Crippen MR) is 49.8 cm³/mol. The number of ether oxygens (including phenoxy) is 1. The van der Waals surface area contributed by atoms with Gasteiger partial charge in [0, 0.05) is 17.8 Å². The van der Waals surface area contributed by atoms with Gasteiger partial charge in [-0.25, -0.2) is 4.39 Å². The van der Waals surface area contributed by atoms with Gasteiger partial charge in [-0.3, -0.25) is 0 Å². The minimum atomic E-state index is -0.216. The van der Waals surface area contributed by atoms with Crippen LogP contribution in [0.2, 0.25) is 0 Å². The van der Waals surface area contributed by atoms with Crippen molar-refractivity contribution >= 4 is 5.69 Å². The third-order valence-corrected chi connectivity index (χ3v) is 2.35. The van der Waals surface area contributed by atoms with Crippen molar-refractivity contribution in [3.8, 4) is 5.75 Å². The molecule has 1 N–H and O–H groups in total. The van der Waals surface area contributed by atoms with Gasteiger partial charge in [-0.05, 0) is 25.0 Å². The van der Waals surface area contributed by atoms with Gasteiger partial charge in [-0.15, -0.1) is 0 Å². The second-order valence-corrected chi connectivity index (χ2v) is 3.14. The van der Waals surface area contributed by atoms with E-state index < -0.39 is 0 Å². The topological polar surface area (TPSA) is 21.3 Å². The Labute approximate surface area is 76.7 Å². The zero-order valence-electron chi connectivity index (χ0n) is 7.56. The molecule has 1 heterocycles. The Morgan fingerprint density at radius 2 is 2.31 bits per heavy atom. The molecule has 0 aliphatic carbocycles. The molecule has 1 aromatic rings. The molecule has 0 radical (unpaired) electrons. The maximum Gasteiger partial charge on any atom is 0.170 e. The number of methoxy groups -OCH3 is 1. The summed E-state index contributed by atoms with van der Waals surface area (Å²) in [6, 6.07) is 3.53. The quantitative estimate of drug-likeness (QED) is 0.717. The first kappa shape index (κ1) is 8.35. The van der Waals surface area contributed by atoms with Crippen molar-refractivity contribution in [1.82, 2.24) is 0 Å². The lowest BCUT2D eigenvalue weighted by Gasteiger charge is -2.19. The average Bonchev–Trinajstić information content (AvgIpc) is 2.19. The highest BCUT2D eigenvalue weighted by molar-refractivity contribution is 5.56. The number of halogens is 1. The van der Waals surface area contributed by atoms with Gasteiger partial charge in [0.2, 0.25) is 0 Å². The Morgan fingerprint density at radius 3 is 3.08 bits per heavy atom. The van der Waals surface area contributed by atoms with Crippen molar-refractivity contribution in [2.45, 2.75) is 12.8 Å². The van der Waals surface area contributed by atoms with Crippen LogP contribution in [-0.4, -0.2) is 13.7 Å². The number of rotatable bonds is 1. The molecule has 0 aromatic heterocycles. The van der Waals surface area contributed by atoms with Crippen LogP contribution in [0.5, 0.6) is 5.75 Å². The molecule has 0 spiro atoms. The van der Waals surface area contributed by atoms with E-state index in [-0.39, 0.29) is 5.82 Å². The van der Waals surface area contributed by atoms with Crippen LogP contribution in [0.1, 0.15) is 12.0 Å². The van der Waals surface area contributed by atoms with Gasteiger partial charge < -0.3 is 10.1 Å². The Kier molecular flexibility index (Phi) is 2.08. The SMILES string of the molecule is COc1ccc2c(c1F)CCCN2. The zero-order valence-corrected chi connectivity index (χ0v) is 7.56. The van der Waals surface area contributed by atoms with Gasteiger partial charge in [0.1, 0.15) is 0 Å². The normalized spacial score (nSPS) is 14.6. The van der Waals surface area contributed by atoms with Gasteiger partial charge in [0.25, 0.3) is 0 Å². The lowest BCUT2D eigenvalue weighted by molar-refractivity contribution is 0.384. The predicted octanol–water partition coefficient (Wildman–Crippen LogP) is 2.19. The molecule has 0 fully saturated rings. The van der Waals surface area contributed by atoms with Crippen molar-refractivity contribution in [3.63, 3.8) is 0 Å². The number of hydrogen-bond donors (Lipinski definition) is 1. The van der Waals surface area contributed by atoms with Gasteiger partial charge in [0.05, 0.1) is 7.11 Å². The number of fused-ring (bicyclic) bond motifs is 1. The summed E-state index contributed by atoms with van der Waals surface area (Å²) in [5, 5.41) is 3.16. The first-order chi connectivity index (χ1) is 6.33. The van der Waals surface area contributed by atoms with Crippen molar-refractivity contribution in [2.24, 2.45) is 0 Å². The van der Waals surface area contributed by atoms with Crippen LogP contribution in [-0.2, 0) is 6.42 Å². The van der Waals surface area contributed by atoms with E-state index in [9.17, 15) is 4.39 Å². The van der Waals surface area contributed by atoms with Gasteiger partial charge in [-0.1, -0.05) is 0 Å². The molecule has 1 aromatic carbocycles. The number of hydrogen-bond acceptors (Lipinski definition) is 2. The van der Waals surface area contributed by atoms with Crippen LogP contribution < -0.4 is 10.1 Å². The maximum atomic E-state index is 13.6. The summed E-state index contributed by atoms with van der Waals surface area (Å²) < 4.78 is 18.5. The largest absolute Gasteiger partial charge is 0.494 e. The van der Waals surface area contributed by atoms with Crippen molar-refractivity contribution in [3.05, 3.63) is 23.5 Å². The fourth-order valence-corrected chi connectivity index (χ4v) is 1.66. The summed E-state index contributed by atoms with van der Waals surface area (Å²) in [5.41, 5.74) is 1.66. The summed E-state index contributed by atoms with van der Waals surface area (Å²) in [4.78, 5) is 0. The lowest BCUT2D eigenvalue weighted by atomic mass is 10.0. The molecule has 2 rings (SSSR count). The fourth-order valence-electron chi connectivity index (χ4n) is 1.66. The van der Waals surface area contributed by atoms with E-state index in [1.165, 1.54) is 7.11 Å². The Balaban J connectivity index is 2.48. The molecular formula is C10H12FNO. The van der Waals surface area contributed by atoms with Crippen LogP contribution in [0, 0.1) is 5.82 Å². The standard InChI is InChI=1S/C10H12FNO/c1-13-9-5-4-8-7(10(9)11)3-2-6-12-8/h4-5,12H,2-3,6H2,1H3. The molecule has 0 amide bonds. The molecule has 2 nitrogen and oxygen atoms in total. The van der Waals surface area contributed by atoms with Crippen LogP contribution >= 0.6 is 0 Å². The van der Waals surface area contributed by atoms with E-state index in [0.29, 0.717) is 5.75 Å². The van der Waals surface area contributed by atoms with Crippen molar-refractivity contribution in [2.75, 3.05) is 19.0 Å². The average molecular weight is 181 g/mol. The Bertz CT molecular complexity index is 325. The Hall–Kier alpha value is -1.25. The highest BCUT2D eigenvalue weighted by Crippen LogP contribution is 2.30. The second-order valence-electron chi connectivity index (χ2n) is 3.14. The van der Waals surface area contributed by atoms with E-state index in [1.54, 1.807) is 6.07 Å². The molecule has 0 atom stereocenters. The molecule has 0 bridgehead atoms. The zero-order chi connectivity index (χ0) is 9.26. The molecule has 0 unspecified atom stereocenters. The third kappa shape index (κ3) is 1.34. The Morgan fingerprint density at radius 1 is 1.46 bits per heavy atom. The van der Waals surface area contributed by atoms with Crippen LogP contribution in [0.25, 0.3) is 0 Å². The first-order valence-corrected chi connectivity index (χ1v) is 4.42. The summed E-state index contributed by atoms with van der Waals surface area (Å²) >= 11 is 0. The van der Waals surface area contributed by atoms with Gasteiger partial charge >= 0.3 is 0 Å². The summed E-state index contributed by atoms with van der Waals surface area (Å²) in [5.74, 6) is 0.120. The summed E-state index contributed by atoms with van der Waals surface area (Å²) in [7, 11) is 1.49. The molecule has 3 heteroatoms. The summed E-state index contributed by atoms with van der Waals surface area (Å²) in [6.07, 6.45) is 1.78. The third-order valence-electron chi connectivity index (χ3n) is 2.35. The number of nitrogens with one attached hydrogen (secondary N) is 1. The van der Waals surface area contributed by atoms with Crippen molar-refractivity contribution in [1.29, 1.82) is 0 Å². The minimum Gasteiger partial charge on any atom is -0.494 e. The maximum absolute atomic E-state index is 13.6. The van der Waals surface area contributed by atoms with E-state index in [4.69, 9.17) is 4.74 Å². The van der Waals surface area contributed by atoms with Gasteiger partial charge in [-0.2, -0.15) is 0 Å². The number of anilines is 1. The lowest BCUT2D eigenvalue weighted by Crippen LogP contribution is -2.13. The smallest absolute Gasteiger partial charge is 0.170 e. The molecule has 1 aliphatic heterocycles. The summed E-state index contributed by atoms with van der Waals surface area (Å²) in [6.45, 7) is 0.929. The second kappa shape index (κ2) is 3.24. The van der Waals surface area contributed by atoms with Crippen LogP contribution in [0.3, 0.4) is 0 Å². The fraction of sp³-hybridized carbons (Fsp3) is 0.400. The molecular weight excluding hydrogens is 169 g/mol. The molecule has 1 aliphatic rings. The van der Waals surface area contributed by atoms with E-state index >= 15 is 0 Å². The van der Waals surface area contributed by atoms with E-state index in [1.807, 2.05) is 6.07 Å². The highest BCUT2D eigenvalue weighted by atomic mass is 19.1. The van der Waals surface area contributed by atoms with Crippen LogP contribution in [0.15, 0.2) is 12.1 Å². The van der Waals surface area contributed by atoms with E-state index in [0.717, 1.165) is 30.6 Å². The molecule has 13 heavy (non-hydrogen) atoms. The van der Waals surface area contributed by atoms with Crippen LogP contribution in [0.4, 0.5) is 10.1 Å². The first-order valence-electron chi connectivity index (χ1n) is 4.42. The van der Waals surface area contributed by atoms with Gasteiger partial charge in [0.15, 0.2) is 11.6 Å². The minimum absolute atomic E-state index is 0.216. The number of benzene rings is 1. The monoisotopic (exact) mass is 181 g/mol. The van der Waals surface area contributed by atoms with Crippen molar-refractivity contribution < 1.29 is 9.13 Å². The molecule has 70 valence electrons. The molecule has 0 saturated heterocycles. The molecule has 0 saturated carbocycles. The highest BCUT2D eigenvalue weighted by Gasteiger charge is 2.16. The van der Waals surface area contributed by atoms with E-state index in [2.05, 4.69) is 5.32 Å².